The van der Waals surface area contributed by atoms with Crippen molar-refractivity contribution in [3.05, 3.63) is 71.7 Å². The number of para-hydroxylation sites is 2. The Labute approximate surface area is 162 Å². The van der Waals surface area contributed by atoms with Crippen molar-refractivity contribution in [1.82, 2.24) is 9.97 Å². The standard InChI is InChI=1S/C22H19N3O3/c23-13-16(20-24-17-9-4-5-10-18(17)25-20)19(26)14-28-21(27)22(11-6-12-22)15-7-2-1-3-8-15/h1-5,7-10,26H,6,11-12,14H2,(H,24,25)/b19-16-. The van der Waals surface area contributed by atoms with Gasteiger partial charge in [-0.3, -0.25) is 4.79 Å². The first-order chi connectivity index (χ1) is 13.6. The number of nitrogens with one attached hydrogen (secondary N) is 1. The van der Waals surface area contributed by atoms with Gasteiger partial charge < -0.3 is 14.8 Å². The lowest BCUT2D eigenvalue weighted by molar-refractivity contribution is -0.154. The van der Waals surface area contributed by atoms with Crippen LogP contribution in [-0.4, -0.2) is 27.7 Å². The van der Waals surface area contributed by atoms with Crippen LogP contribution in [0.1, 0.15) is 30.7 Å². The molecule has 0 amide bonds. The average molecular weight is 373 g/mol. The summed E-state index contributed by atoms with van der Waals surface area (Å²) in [5.74, 6) is -0.450. The van der Waals surface area contributed by atoms with Crippen LogP contribution in [0.4, 0.5) is 0 Å². The summed E-state index contributed by atoms with van der Waals surface area (Å²) in [5.41, 5.74) is 1.67. The number of H-pyrrole nitrogens is 1. The van der Waals surface area contributed by atoms with Crippen LogP contribution in [0.3, 0.4) is 0 Å². The maximum Gasteiger partial charge on any atom is 0.317 e. The SMILES string of the molecule is N#C/C(=C(/O)COC(=O)C1(c2ccccc2)CCC1)c1nc2ccccc2[nH]1. The first kappa shape index (κ1) is 17.8. The second kappa shape index (κ2) is 7.20. The van der Waals surface area contributed by atoms with Crippen LogP contribution in [0, 0.1) is 11.3 Å². The number of nitriles is 1. The smallest absolute Gasteiger partial charge is 0.317 e. The number of esters is 1. The summed E-state index contributed by atoms with van der Waals surface area (Å²) in [6, 6.07) is 18.8. The van der Waals surface area contributed by atoms with Gasteiger partial charge in [-0.15, -0.1) is 0 Å². The predicted molar refractivity (Wildman–Crippen MR) is 104 cm³/mol. The molecule has 6 nitrogen and oxygen atoms in total. The molecule has 1 saturated carbocycles. The van der Waals surface area contributed by atoms with E-state index in [1.165, 1.54) is 0 Å². The summed E-state index contributed by atoms with van der Waals surface area (Å²) in [4.78, 5) is 20.1. The maximum atomic E-state index is 12.8. The van der Waals surface area contributed by atoms with Crippen LogP contribution in [0.2, 0.25) is 0 Å². The molecule has 3 aromatic rings. The van der Waals surface area contributed by atoms with Crippen molar-refractivity contribution in [2.45, 2.75) is 24.7 Å². The van der Waals surface area contributed by atoms with Crippen molar-refractivity contribution in [1.29, 1.82) is 5.26 Å². The number of nitrogens with zero attached hydrogens (tertiary/aromatic N) is 2. The van der Waals surface area contributed by atoms with E-state index < -0.39 is 5.41 Å². The number of ether oxygens (including phenoxy) is 1. The number of rotatable bonds is 5. The van der Waals surface area contributed by atoms with Gasteiger partial charge in [-0.25, -0.2) is 4.98 Å². The summed E-state index contributed by atoms with van der Waals surface area (Å²) in [7, 11) is 0. The second-order valence-corrected chi connectivity index (χ2v) is 6.91. The fourth-order valence-corrected chi connectivity index (χ4v) is 3.57. The minimum atomic E-state index is -0.659. The number of aliphatic hydroxyl groups is 1. The van der Waals surface area contributed by atoms with Crippen LogP contribution >= 0.6 is 0 Å². The van der Waals surface area contributed by atoms with Gasteiger partial charge in [-0.1, -0.05) is 48.9 Å². The Kier molecular flexibility index (Phi) is 4.58. The number of fused-ring (bicyclic) bond motifs is 1. The Morgan fingerprint density at radius 3 is 2.54 bits per heavy atom. The van der Waals surface area contributed by atoms with Gasteiger partial charge in [0.25, 0.3) is 0 Å². The molecule has 0 atom stereocenters. The molecule has 1 fully saturated rings. The number of aromatic amines is 1. The molecule has 0 bridgehead atoms. The first-order valence-electron chi connectivity index (χ1n) is 9.14. The quantitative estimate of drug-likeness (QED) is 0.400. The van der Waals surface area contributed by atoms with E-state index in [-0.39, 0.29) is 29.7 Å². The number of benzene rings is 2. The molecule has 1 heterocycles. The van der Waals surface area contributed by atoms with Crippen molar-refractivity contribution in [2.75, 3.05) is 6.61 Å². The van der Waals surface area contributed by atoms with Gasteiger partial charge in [-0.05, 0) is 30.5 Å². The lowest BCUT2D eigenvalue weighted by atomic mass is 9.64. The van der Waals surface area contributed by atoms with Crippen LogP contribution < -0.4 is 0 Å². The van der Waals surface area contributed by atoms with Crippen molar-refractivity contribution in [3.8, 4) is 6.07 Å². The minimum Gasteiger partial charge on any atom is -0.507 e. The van der Waals surface area contributed by atoms with E-state index in [1.54, 1.807) is 0 Å². The topological polar surface area (TPSA) is 99.0 Å². The highest BCUT2D eigenvalue weighted by atomic mass is 16.5. The van der Waals surface area contributed by atoms with Gasteiger partial charge in [0.2, 0.25) is 0 Å². The maximum absolute atomic E-state index is 12.8. The number of imidazole rings is 1. The minimum absolute atomic E-state index is 0.0358. The Morgan fingerprint density at radius 2 is 1.89 bits per heavy atom. The Bertz CT molecular complexity index is 1060. The summed E-state index contributed by atoms with van der Waals surface area (Å²) >= 11 is 0. The Balaban J connectivity index is 1.54. The van der Waals surface area contributed by atoms with Crippen molar-refractivity contribution < 1.29 is 14.6 Å². The third kappa shape index (κ3) is 3.01. The fraction of sp³-hybridized carbons (Fsp3) is 0.227. The molecular weight excluding hydrogens is 354 g/mol. The molecule has 0 spiro atoms. The van der Waals surface area contributed by atoms with Gasteiger partial charge in [0, 0.05) is 0 Å². The van der Waals surface area contributed by atoms with Crippen LogP contribution in [0.5, 0.6) is 0 Å². The molecule has 1 aliphatic carbocycles. The van der Waals surface area contributed by atoms with E-state index in [2.05, 4.69) is 9.97 Å². The van der Waals surface area contributed by atoms with Crippen molar-refractivity contribution in [2.24, 2.45) is 0 Å². The van der Waals surface area contributed by atoms with Crippen LogP contribution in [0.15, 0.2) is 60.4 Å². The number of hydrogen-bond donors (Lipinski definition) is 2. The first-order valence-corrected chi connectivity index (χ1v) is 9.14. The lowest BCUT2D eigenvalue weighted by Crippen LogP contribution is -2.43. The summed E-state index contributed by atoms with van der Waals surface area (Å²) in [6.07, 6.45) is 2.39. The molecule has 2 aromatic carbocycles. The highest BCUT2D eigenvalue weighted by Crippen LogP contribution is 2.44. The number of allylic oxidation sites excluding steroid dienone is 1. The van der Waals surface area contributed by atoms with Gasteiger partial charge >= 0.3 is 5.97 Å². The highest BCUT2D eigenvalue weighted by molar-refractivity contribution is 5.85. The van der Waals surface area contributed by atoms with Crippen molar-refractivity contribution >= 4 is 22.6 Å². The summed E-state index contributed by atoms with van der Waals surface area (Å²) in [5, 5.41) is 19.9. The molecule has 6 heteroatoms. The number of carbonyl (C=O) groups is 1. The van der Waals surface area contributed by atoms with E-state index in [4.69, 9.17) is 4.74 Å². The number of aromatic nitrogens is 2. The average Bonchev–Trinajstić information content (AvgIpc) is 3.10. The molecule has 0 unspecified atom stereocenters. The number of aliphatic hydroxyl groups excluding tert-OH is 1. The molecular formula is C22H19N3O3. The number of carbonyl (C=O) groups excluding carboxylic acids is 1. The normalized spacial score (nSPS) is 16.0. The third-order valence-corrected chi connectivity index (χ3v) is 5.29. The Hall–Kier alpha value is -3.59. The Morgan fingerprint density at radius 1 is 1.18 bits per heavy atom. The molecule has 2 N–H and O–H groups in total. The molecule has 0 saturated heterocycles. The zero-order valence-electron chi connectivity index (χ0n) is 15.2. The van der Waals surface area contributed by atoms with Crippen LogP contribution in [-0.2, 0) is 14.9 Å². The number of hydrogen-bond acceptors (Lipinski definition) is 5. The molecule has 4 rings (SSSR count). The second-order valence-electron chi connectivity index (χ2n) is 6.91. The van der Waals surface area contributed by atoms with E-state index >= 15 is 0 Å². The lowest BCUT2D eigenvalue weighted by Gasteiger charge is -2.39. The molecule has 0 aliphatic heterocycles. The van der Waals surface area contributed by atoms with Crippen molar-refractivity contribution in [3.63, 3.8) is 0 Å². The van der Waals surface area contributed by atoms with Gasteiger partial charge in [0.1, 0.15) is 18.2 Å². The van der Waals surface area contributed by atoms with E-state index in [0.717, 1.165) is 30.3 Å². The molecule has 1 aromatic heterocycles. The zero-order chi connectivity index (χ0) is 19.6. The molecule has 1 aliphatic rings. The van der Waals surface area contributed by atoms with E-state index in [1.807, 2.05) is 60.7 Å². The molecule has 140 valence electrons. The summed E-state index contributed by atoms with van der Waals surface area (Å²) in [6.45, 7) is -0.368. The van der Waals surface area contributed by atoms with E-state index in [9.17, 15) is 15.2 Å². The van der Waals surface area contributed by atoms with Gasteiger partial charge in [0.15, 0.2) is 11.6 Å². The predicted octanol–water partition coefficient (Wildman–Crippen LogP) is 4.02. The van der Waals surface area contributed by atoms with Gasteiger partial charge in [-0.2, -0.15) is 5.26 Å². The fourth-order valence-electron chi connectivity index (χ4n) is 3.57. The van der Waals surface area contributed by atoms with Gasteiger partial charge in [0.05, 0.1) is 16.4 Å². The zero-order valence-corrected chi connectivity index (χ0v) is 15.2. The molecule has 28 heavy (non-hydrogen) atoms. The van der Waals surface area contributed by atoms with Crippen LogP contribution in [0.25, 0.3) is 16.6 Å². The molecule has 0 radical (unpaired) electrons. The van der Waals surface area contributed by atoms with E-state index in [0.29, 0.717) is 5.52 Å². The monoisotopic (exact) mass is 373 g/mol. The highest BCUT2D eigenvalue weighted by Gasteiger charge is 2.47. The summed E-state index contributed by atoms with van der Waals surface area (Å²) < 4.78 is 5.40. The largest absolute Gasteiger partial charge is 0.507 e. The third-order valence-electron chi connectivity index (χ3n) is 5.29.